The molecule has 0 saturated carbocycles. The number of nitrogens with one attached hydrogen (secondary N) is 1. The molecule has 2 rings (SSSR count). The van der Waals surface area contributed by atoms with Crippen LogP contribution < -0.4 is 5.32 Å². The third kappa shape index (κ3) is 3.62. The van der Waals surface area contributed by atoms with Crippen molar-refractivity contribution in [1.29, 1.82) is 10.5 Å². The first kappa shape index (κ1) is 18.0. The van der Waals surface area contributed by atoms with Gasteiger partial charge in [0.2, 0.25) is 0 Å². The van der Waals surface area contributed by atoms with Crippen LogP contribution in [0.5, 0.6) is 0 Å². The lowest BCUT2D eigenvalue weighted by molar-refractivity contribution is -0.112. The lowest BCUT2D eigenvalue weighted by Gasteiger charge is -2.12. The Balaban J connectivity index is 2.38. The van der Waals surface area contributed by atoms with E-state index in [0.29, 0.717) is 11.3 Å². The van der Waals surface area contributed by atoms with Crippen molar-refractivity contribution >= 4 is 17.7 Å². The first-order valence-electron chi connectivity index (χ1n) is 7.86. The van der Waals surface area contributed by atoms with Crippen molar-refractivity contribution in [2.75, 3.05) is 5.32 Å². The average molecular weight is 332 g/mol. The quantitative estimate of drug-likeness (QED) is 0.687. The maximum absolute atomic E-state index is 12.5. The van der Waals surface area contributed by atoms with Crippen LogP contribution in [-0.2, 0) is 11.8 Å². The number of aryl methyl sites for hydroxylation is 3. The molecule has 0 aliphatic heterocycles. The van der Waals surface area contributed by atoms with E-state index in [1.165, 1.54) is 6.08 Å². The number of nitrogens with zero attached hydrogens (tertiary/aromatic N) is 3. The Hall–Kier alpha value is -3.31. The highest BCUT2D eigenvalue weighted by Crippen LogP contribution is 2.23. The predicted molar refractivity (Wildman–Crippen MR) is 97.7 cm³/mol. The van der Waals surface area contributed by atoms with E-state index in [2.05, 4.69) is 11.4 Å². The molecule has 1 aromatic carbocycles. The number of anilines is 1. The van der Waals surface area contributed by atoms with Gasteiger partial charge in [-0.25, -0.2) is 0 Å². The molecule has 0 saturated heterocycles. The lowest BCUT2D eigenvalue weighted by Crippen LogP contribution is -2.15. The normalized spacial score (nSPS) is 10.9. The maximum atomic E-state index is 12.5. The van der Waals surface area contributed by atoms with E-state index in [1.807, 2.05) is 45.9 Å². The van der Waals surface area contributed by atoms with E-state index in [1.54, 1.807) is 17.7 Å². The minimum atomic E-state index is -0.459. The van der Waals surface area contributed by atoms with E-state index >= 15 is 0 Å². The highest BCUT2D eigenvalue weighted by Gasteiger charge is 2.15. The Labute approximate surface area is 147 Å². The molecule has 1 aromatic heterocycles. The second kappa shape index (κ2) is 7.07. The fourth-order valence-electron chi connectivity index (χ4n) is 2.84. The molecular weight excluding hydrogens is 312 g/mol. The van der Waals surface area contributed by atoms with Crippen molar-refractivity contribution in [2.24, 2.45) is 7.05 Å². The SMILES string of the molecule is Cc1cc(C)c(NC(=O)/C(C#N)=C/c2cc(C#N)n(C)c2C)c(C)c1. The molecule has 0 spiro atoms. The summed E-state index contributed by atoms with van der Waals surface area (Å²) in [5.41, 5.74) is 5.72. The highest BCUT2D eigenvalue weighted by molar-refractivity contribution is 6.10. The number of nitriles is 2. The summed E-state index contributed by atoms with van der Waals surface area (Å²) in [4.78, 5) is 12.5. The third-order valence-electron chi connectivity index (χ3n) is 4.27. The summed E-state index contributed by atoms with van der Waals surface area (Å²) in [6.07, 6.45) is 1.52. The molecule has 0 unspecified atom stereocenters. The molecule has 5 heteroatoms. The van der Waals surface area contributed by atoms with E-state index in [0.717, 1.165) is 28.1 Å². The molecule has 2 aromatic rings. The summed E-state index contributed by atoms with van der Waals surface area (Å²) < 4.78 is 1.73. The standard InChI is InChI=1S/C20H20N4O/c1-12-6-13(2)19(14(3)7-12)23-20(25)17(10-21)8-16-9-18(11-22)24(5)15(16)4/h6-9H,1-5H3,(H,23,25)/b17-8+. The zero-order valence-electron chi connectivity index (χ0n) is 15.1. The maximum Gasteiger partial charge on any atom is 0.266 e. The van der Waals surface area contributed by atoms with Crippen molar-refractivity contribution < 1.29 is 4.79 Å². The van der Waals surface area contributed by atoms with E-state index in [4.69, 9.17) is 5.26 Å². The Bertz CT molecular complexity index is 942. The van der Waals surface area contributed by atoms with Gasteiger partial charge < -0.3 is 9.88 Å². The second-order valence-corrected chi connectivity index (χ2v) is 6.14. The van der Waals surface area contributed by atoms with Gasteiger partial charge in [-0.05, 0) is 56.5 Å². The first-order chi connectivity index (χ1) is 11.8. The molecule has 0 atom stereocenters. The largest absolute Gasteiger partial charge is 0.339 e. The molecule has 25 heavy (non-hydrogen) atoms. The molecule has 0 fully saturated rings. The van der Waals surface area contributed by atoms with Gasteiger partial charge in [0.05, 0.1) is 0 Å². The van der Waals surface area contributed by atoms with Crippen LogP contribution in [0.15, 0.2) is 23.8 Å². The van der Waals surface area contributed by atoms with Crippen molar-refractivity contribution in [3.05, 3.63) is 57.4 Å². The molecular formula is C20H20N4O. The Morgan fingerprint density at radius 2 is 1.72 bits per heavy atom. The van der Waals surface area contributed by atoms with Crippen molar-refractivity contribution in [3.63, 3.8) is 0 Å². The van der Waals surface area contributed by atoms with Crippen molar-refractivity contribution in [2.45, 2.75) is 27.7 Å². The Kier molecular flexibility index (Phi) is 5.10. The fraction of sp³-hybridized carbons (Fsp3) is 0.250. The van der Waals surface area contributed by atoms with E-state index < -0.39 is 5.91 Å². The number of rotatable bonds is 3. The topological polar surface area (TPSA) is 81.6 Å². The van der Waals surface area contributed by atoms with E-state index in [-0.39, 0.29) is 5.57 Å². The molecule has 0 aliphatic carbocycles. The summed E-state index contributed by atoms with van der Waals surface area (Å²) in [5.74, 6) is -0.459. The monoisotopic (exact) mass is 332 g/mol. The summed E-state index contributed by atoms with van der Waals surface area (Å²) in [5, 5.41) is 21.3. The molecule has 1 N–H and O–H groups in total. The Morgan fingerprint density at radius 3 is 2.20 bits per heavy atom. The van der Waals surface area contributed by atoms with Crippen LogP contribution in [0, 0.1) is 50.4 Å². The summed E-state index contributed by atoms with van der Waals surface area (Å²) >= 11 is 0. The van der Waals surface area contributed by atoms with Crippen molar-refractivity contribution in [1.82, 2.24) is 4.57 Å². The number of amides is 1. The van der Waals surface area contributed by atoms with Crippen LogP contribution in [0.2, 0.25) is 0 Å². The minimum Gasteiger partial charge on any atom is -0.339 e. The molecule has 1 amide bonds. The molecule has 1 heterocycles. The van der Waals surface area contributed by atoms with Crippen LogP contribution in [0.3, 0.4) is 0 Å². The van der Waals surface area contributed by atoms with E-state index in [9.17, 15) is 10.1 Å². The van der Waals surface area contributed by atoms with Gasteiger partial charge in [0.1, 0.15) is 23.4 Å². The van der Waals surface area contributed by atoms with Crippen LogP contribution >= 0.6 is 0 Å². The van der Waals surface area contributed by atoms with Gasteiger partial charge in [-0.2, -0.15) is 10.5 Å². The fourth-order valence-corrected chi connectivity index (χ4v) is 2.84. The van der Waals surface area contributed by atoms with Crippen LogP contribution in [0.1, 0.15) is 33.6 Å². The predicted octanol–water partition coefficient (Wildman–Crippen LogP) is 3.68. The van der Waals surface area contributed by atoms with Crippen LogP contribution in [-0.4, -0.2) is 10.5 Å². The molecule has 0 bridgehead atoms. The van der Waals surface area contributed by atoms with Crippen LogP contribution in [0.25, 0.3) is 6.08 Å². The number of carbonyl (C=O) groups excluding carboxylic acids is 1. The molecule has 126 valence electrons. The first-order valence-corrected chi connectivity index (χ1v) is 7.86. The van der Waals surface area contributed by atoms with Gasteiger partial charge in [-0.15, -0.1) is 0 Å². The number of hydrogen-bond donors (Lipinski definition) is 1. The van der Waals surface area contributed by atoms with Gasteiger partial charge in [-0.1, -0.05) is 17.7 Å². The number of carbonyl (C=O) groups is 1. The summed E-state index contributed by atoms with van der Waals surface area (Å²) in [6.45, 7) is 7.68. The van der Waals surface area contributed by atoms with Gasteiger partial charge in [0.25, 0.3) is 5.91 Å². The molecule has 0 aliphatic rings. The second-order valence-electron chi connectivity index (χ2n) is 6.14. The third-order valence-corrected chi connectivity index (χ3v) is 4.27. The minimum absolute atomic E-state index is 0.00225. The summed E-state index contributed by atoms with van der Waals surface area (Å²) in [6, 6.07) is 9.68. The van der Waals surface area contributed by atoms with Crippen LogP contribution in [0.4, 0.5) is 5.69 Å². The van der Waals surface area contributed by atoms with Gasteiger partial charge in [0.15, 0.2) is 0 Å². The lowest BCUT2D eigenvalue weighted by atomic mass is 10.0. The number of hydrogen-bond acceptors (Lipinski definition) is 3. The smallest absolute Gasteiger partial charge is 0.266 e. The van der Waals surface area contributed by atoms with Gasteiger partial charge in [0, 0.05) is 18.4 Å². The number of benzene rings is 1. The average Bonchev–Trinajstić information content (AvgIpc) is 2.83. The van der Waals surface area contributed by atoms with Gasteiger partial charge in [-0.3, -0.25) is 4.79 Å². The number of aromatic nitrogens is 1. The summed E-state index contributed by atoms with van der Waals surface area (Å²) in [7, 11) is 1.77. The molecule has 5 nitrogen and oxygen atoms in total. The zero-order chi connectivity index (χ0) is 18.7. The highest BCUT2D eigenvalue weighted by atomic mass is 16.1. The van der Waals surface area contributed by atoms with Crippen molar-refractivity contribution in [3.8, 4) is 12.1 Å². The Morgan fingerprint density at radius 1 is 1.12 bits per heavy atom. The zero-order valence-corrected chi connectivity index (χ0v) is 15.1. The molecule has 0 radical (unpaired) electrons. The van der Waals surface area contributed by atoms with Gasteiger partial charge >= 0.3 is 0 Å².